The van der Waals surface area contributed by atoms with Gasteiger partial charge in [-0.05, 0) is 31.2 Å². The number of aromatic nitrogens is 2. The third-order valence-corrected chi connectivity index (χ3v) is 4.54. The summed E-state index contributed by atoms with van der Waals surface area (Å²) in [6.07, 6.45) is 1.21. The summed E-state index contributed by atoms with van der Waals surface area (Å²) < 4.78 is 0. The van der Waals surface area contributed by atoms with E-state index in [0.717, 1.165) is 22.2 Å². The van der Waals surface area contributed by atoms with Crippen molar-refractivity contribution >= 4 is 29.2 Å². The van der Waals surface area contributed by atoms with Crippen molar-refractivity contribution in [2.24, 2.45) is 0 Å². The Bertz CT molecular complexity index is 964. The molecule has 0 atom stereocenters. The van der Waals surface area contributed by atoms with Crippen molar-refractivity contribution in [1.29, 1.82) is 0 Å². The molecule has 8 nitrogen and oxygen atoms in total. The Kier molecular flexibility index (Phi) is 5.62. The molecule has 0 radical (unpaired) electrons. The molecule has 9 heteroatoms. The van der Waals surface area contributed by atoms with Crippen molar-refractivity contribution in [3.05, 3.63) is 82.2 Å². The summed E-state index contributed by atoms with van der Waals surface area (Å²) >= 11 is 1.14. The Morgan fingerprint density at radius 1 is 1.07 bits per heavy atom. The summed E-state index contributed by atoms with van der Waals surface area (Å²) in [5.74, 6) is -0.519. The van der Waals surface area contributed by atoms with Crippen molar-refractivity contribution in [3.8, 4) is 0 Å². The monoisotopic (exact) mass is 381 g/mol. The first-order chi connectivity index (χ1) is 13.0. The molecule has 0 aliphatic carbocycles. The molecular formula is C18H15N5O3S. The summed E-state index contributed by atoms with van der Waals surface area (Å²) in [6.45, 7) is 1.91. The highest BCUT2D eigenvalue weighted by Crippen LogP contribution is 2.36. The molecule has 136 valence electrons. The van der Waals surface area contributed by atoms with Crippen LogP contribution in [-0.4, -0.2) is 20.8 Å². The van der Waals surface area contributed by atoms with Crippen LogP contribution in [0.3, 0.4) is 0 Å². The molecule has 0 aliphatic rings. The SMILES string of the molecule is Cc1ccc(C(=O)NNc2ncnc(Sc3ccccc3)c2[N+](=O)[O-])cc1. The molecule has 1 heterocycles. The van der Waals surface area contributed by atoms with Crippen LogP contribution in [0.4, 0.5) is 11.5 Å². The minimum Gasteiger partial charge on any atom is -0.276 e. The van der Waals surface area contributed by atoms with Gasteiger partial charge in [0, 0.05) is 10.5 Å². The lowest BCUT2D eigenvalue weighted by Crippen LogP contribution is -2.30. The highest BCUT2D eigenvalue weighted by atomic mass is 32.2. The van der Waals surface area contributed by atoms with E-state index in [1.165, 1.54) is 6.33 Å². The summed E-state index contributed by atoms with van der Waals surface area (Å²) in [6, 6.07) is 16.1. The standard InChI is InChI=1S/C18H15N5O3S/c1-12-7-9-13(10-8-12)17(24)22-21-16-15(23(25)26)18(20-11-19-16)27-14-5-3-2-4-6-14/h2-11H,1H3,(H,22,24)(H,19,20,21). The average Bonchev–Trinajstić information content (AvgIpc) is 2.67. The lowest BCUT2D eigenvalue weighted by molar-refractivity contribution is -0.387. The van der Waals surface area contributed by atoms with Gasteiger partial charge in [-0.15, -0.1) is 0 Å². The third kappa shape index (κ3) is 4.59. The van der Waals surface area contributed by atoms with Crippen LogP contribution in [0.2, 0.25) is 0 Å². The predicted molar refractivity (Wildman–Crippen MR) is 102 cm³/mol. The van der Waals surface area contributed by atoms with Gasteiger partial charge in [0.15, 0.2) is 5.03 Å². The zero-order valence-corrected chi connectivity index (χ0v) is 15.1. The van der Waals surface area contributed by atoms with E-state index in [1.807, 2.05) is 37.3 Å². The highest BCUT2D eigenvalue weighted by molar-refractivity contribution is 7.99. The van der Waals surface area contributed by atoms with Gasteiger partial charge in [0.25, 0.3) is 5.91 Å². The van der Waals surface area contributed by atoms with Gasteiger partial charge < -0.3 is 0 Å². The molecule has 2 aromatic carbocycles. The van der Waals surface area contributed by atoms with E-state index in [1.54, 1.807) is 24.3 Å². The maximum atomic E-state index is 12.2. The first-order valence-electron chi connectivity index (χ1n) is 7.90. The number of benzene rings is 2. The maximum Gasteiger partial charge on any atom is 0.345 e. The molecule has 0 unspecified atom stereocenters. The second kappa shape index (κ2) is 8.28. The van der Waals surface area contributed by atoms with Gasteiger partial charge in [0.1, 0.15) is 6.33 Å². The van der Waals surface area contributed by atoms with Crippen molar-refractivity contribution in [2.45, 2.75) is 16.8 Å². The number of nitro groups is 1. The van der Waals surface area contributed by atoms with E-state index in [0.29, 0.717) is 5.56 Å². The van der Waals surface area contributed by atoms with Crippen molar-refractivity contribution in [3.63, 3.8) is 0 Å². The number of amides is 1. The Morgan fingerprint density at radius 2 is 1.78 bits per heavy atom. The van der Waals surface area contributed by atoms with Crippen LogP contribution in [0, 0.1) is 17.0 Å². The van der Waals surface area contributed by atoms with Crippen LogP contribution >= 0.6 is 11.8 Å². The van der Waals surface area contributed by atoms with Crippen molar-refractivity contribution in [2.75, 3.05) is 5.43 Å². The van der Waals surface area contributed by atoms with Crippen molar-refractivity contribution < 1.29 is 9.72 Å². The zero-order chi connectivity index (χ0) is 19.2. The average molecular weight is 381 g/mol. The summed E-state index contributed by atoms with van der Waals surface area (Å²) in [5.41, 5.74) is 6.09. The van der Waals surface area contributed by atoms with Gasteiger partial charge in [0.05, 0.1) is 4.92 Å². The predicted octanol–water partition coefficient (Wildman–Crippen LogP) is 3.60. The topological polar surface area (TPSA) is 110 Å². The van der Waals surface area contributed by atoms with Gasteiger partial charge in [-0.2, -0.15) is 0 Å². The normalized spacial score (nSPS) is 10.3. The fourth-order valence-corrected chi connectivity index (χ4v) is 3.07. The minimum absolute atomic E-state index is 0.0890. The van der Waals surface area contributed by atoms with Gasteiger partial charge in [-0.3, -0.25) is 25.8 Å². The van der Waals surface area contributed by atoms with Crippen LogP contribution in [0.25, 0.3) is 0 Å². The first kappa shape index (κ1) is 18.3. The number of hydrazine groups is 1. The molecule has 3 rings (SSSR count). The number of hydrogen-bond donors (Lipinski definition) is 2. The number of nitrogens with zero attached hydrogens (tertiary/aromatic N) is 3. The zero-order valence-electron chi connectivity index (χ0n) is 14.2. The van der Waals surface area contributed by atoms with Crippen LogP contribution in [-0.2, 0) is 0 Å². The molecule has 1 aromatic heterocycles. The molecule has 0 aliphatic heterocycles. The second-order valence-electron chi connectivity index (χ2n) is 5.49. The molecular weight excluding hydrogens is 366 g/mol. The fourth-order valence-electron chi connectivity index (χ4n) is 2.19. The van der Waals surface area contributed by atoms with Crippen molar-refractivity contribution in [1.82, 2.24) is 15.4 Å². The molecule has 3 aromatic rings. The minimum atomic E-state index is -0.578. The van der Waals surface area contributed by atoms with Crippen LogP contribution in [0.5, 0.6) is 0 Å². The van der Waals surface area contributed by atoms with E-state index in [-0.39, 0.29) is 16.5 Å². The van der Waals surface area contributed by atoms with E-state index in [4.69, 9.17) is 0 Å². The van der Waals surface area contributed by atoms with Gasteiger partial charge in [0.2, 0.25) is 5.82 Å². The molecule has 1 amide bonds. The van der Waals surface area contributed by atoms with E-state index < -0.39 is 10.8 Å². The third-order valence-electron chi connectivity index (χ3n) is 3.54. The van der Waals surface area contributed by atoms with Gasteiger partial charge in [-0.1, -0.05) is 47.7 Å². The molecule has 0 saturated carbocycles. The molecule has 0 bridgehead atoms. The first-order valence-corrected chi connectivity index (χ1v) is 8.71. The molecule has 2 N–H and O–H groups in total. The Hall–Kier alpha value is -3.46. The largest absolute Gasteiger partial charge is 0.345 e. The van der Waals surface area contributed by atoms with Gasteiger partial charge >= 0.3 is 5.69 Å². The van der Waals surface area contributed by atoms with E-state index in [2.05, 4.69) is 20.8 Å². The Balaban J connectivity index is 1.80. The van der Waals surface area contributed by atoms with E-state index >= 15 is 0 Å². The van der Waals surface area contributed by atoms with Crippen LogP contribution in [0.1, 0.15) is 15.9 Å². The summed E-state index contributed by atoms with van der Waals surface area (Å²) in [5, 5.41) is 11.7. The number of hydrogen-bond acceptors (Lipinski definition) is 7. The maximum absolute atomic E-state index is 12.2. The van der Waals surface area contributed by atoms with Crippen LogP contribution in [0.15, 0.2) is 70.8 Å². The second-order valence-corrected chi connectivity index (χ2v) is 6.56. The lowest BCUT2D eigenvalue weighted by atomic mass is 10.1. The number of carbonyl (C=O) groups is 1. The van der Waals surface area contributed by atoms with E-state index in [9.17, 15) is 14.9 Å². The van der Waals surface area contributed by atoms with Gasteiger partial charge in [-0.25, -0.2) is 9.97 Å². The number of anilines is 1. The van der Waals surface area contributed by atoms with Crippen LogP contribution < -0.4 is 10.9 Å². The number of aryl methyl sites for hydroxylation is 1. The fraction of sp³-hybridized carbons (Fsp3) is 0.0556. The number of carbonyl (C=O) groups excluding carboxylic acids is 1. The molecule has 27 heavy (non-hydrogen) atoms. The quantitative estimate of drug-likeness (QED) is 0.381. The highest BCUT2D eigenvalue weighted by Gasteiger charge is 2.24. The number of nitrogens with one attached hydrogen (secondary N) is 2. The molecule has 0 fully saturated rings. The Morgan fingerprint density at radius 3 is 2.44 bits per heavy atom. The molecule has 0 saturated heterocycles. The lowest BCUT2D eigenvalue weighted by Gasteiger charge is -2.10. The molecule has 0 spiro atoms. The summed E-state index contributed by atoms with van der Waals surface area (Å²) in [4.78, 5) is 31.9. The summed E-state index contributed by atoms with van der Waals surface area (Å²) in [7, 11) is 0. The Labute approximate surface area is 159 Å². The number of rotatable bonds is 6. The smallest absolute Gasteiger partial charge is 0.276 e.